The molecule has 5 rings (SSSR count). The molecular formula is C23H24FN5O6S. The van der Waals surface area contributed by atoms with Gasteiger partial charge in [-0.3, -0.25) is 14.5 Å². The Morgan fingerprint density at radius 3 is 2.86 bits per heavy atom. The van der Waals surface area contributed by atoms with Gasteiger partial charge < -0.3 is 24.1 Å². The first-order valence-electron chi connectivity index (χ1n) is 11.0. The highest BCUT2D eigenvalue weighted by Gasteiger charge is 2.34. The molecule has 1 aromatic carbocycles. The number of ether oxygens (including phenoxy) is 3. The lowest BCUT2D eigenvalue weighted by Gasteiger charge is -2.17. The molecule has 0 saturated carbocycles. The zero-order valence-corrected chi connectivity index (χ0v) is 20.3. The quantitative estimate of drug-likeness (QED) is 0.458. The van der Waals surface area contributed by atoms with Crippen LogP contribution in [0.4, 0.5) is 15.0 Å². The number of aromatic nitrogens is 3. The maximum Gasteiger partial charge on any atom is 0.416 e. The first-order chi connectivity index (χ1) is 16.9. The van der Waals surface area contributed by atoms with Crippen LogP contribution in [-0.2, 0) is 23.0 Å². The zero-order valence-electron chi connectivity index (χ0n) is 19.3. The Kier molecular flexibility index (Phi) is 7.40. The SMILES string of the molecule is Cn1c(=O)ccc2ccc(F)c(OCCNC[C@H]3CN(c4cnc5c(n4)CC(=O)CO5)C(=O)O3)c21.S. The van der Waals surface area contributed by atoms with Crippen molar-refractivity contribution in [2.24, 2.45) is 7.05 Å². The van der Waals surface area contributed by atoms with Crippen molar-refractivity contribution < 1.29 is 28.2 Å². The topological polar surface area (TPSA) is 125 Å². The summed E-state index contributed by atoms with van der Waals surface area (Å²) in [5.74, 6) is -0.0756. The first kappa shape index (κ1) is 25.4. The van der Waals surface area contributed by atoms with E-state index in [1.807, 2.05) is 0 Å². The molecule has 1 N–H and O–H groups in total. The van der Waals surface area contributed by atoms with Gasteiger partial charge in [-0.2, -0.15) is 13.5 Å². The highest BCUT2D eigenvalue weighted by molar-refractivity contribution is 7.59. The molecule has 3 aromatic rings. The normalized spacial score (nSPS) is 16.8. The van der Waals surface area contributed by atoms with Crippen molar-refractivity contribution in [3.8, 4) is 11.6 Å². The summed E-state index contributed by atoms with van der Waals surface area (Å²) in [4.78, 5) is 45.7. The number of benzene rings is 1. The third-order valence-electron chi connectivity index (χ3n) is 5.76. The second-order valence-corrected chi connectivity index (χ2v) is 8.20. The standard InChI is InChI=1S/C23H22FN5O6.H2S/c1-28-19(31)5-3-13-2-4-16(24)21(20(13)28)33-7-6-25-9-15-11-29(23(32)35-15)18-10-26-22-17(27-18)8-14(30)12-34-22;/h2-5,10,15,25H,6-9,11-12H2,1H3;1H2/t15-;/m0./s1. The number of hydrogen-bond donors (Lipinski definition) is 1. The molecule has 4 heterocycles. The summed E-state index contributed by atoms with van der Waals surface area (Å²) in [5.41, 5.74) is 0.515. The van der Waals surface area contributed by atoms with Crippen LogP contribution in [0.15, 0.2) is 35.3 Å². The molecule has 11 nitrogen and oxygen atoms in total. The van der Waals surface area contributed by atoms with Crippen LogP contribution in [0.1, 0.15) is 5.69 Å². The van der Waals surface area contributed by atoms with E-state index in [9.17, 15) is 18.8 Å². The summed E-state index contributed by atoms with van der Waals surface area (Å²) in [6.45, 7) is 1.03. The second kappa shape index (κ2) is 10.5. The summed E-state index contributed by atoms with van der Waals surface area (Å²) in [6, 6.07) is 5.93. The Bertz CT molecular complexity index is 1380. The average molecular weight is 518 g/mol. The largest absolute Gasteiger partial charge is 0.487 e. The number of anilines is 1. The summed E-state index contributed by atoms with van der Waals surface area (Å²) < 4.78 is 32.0. The van der Waals surface area contributed by atoms with Crippen LogP contribution in [0.25, 0.3) is 10.9 Å². The Balaban J connectivity index is 0.00000304. The van der Waals surface area contributed by atoms with Crippen LogP contribution in [-0.4, -0.2) is 65.4 Å². The van der Waals surface area contributed by atoms with Gasteiger partial charge in [0.2, 0.25) is 5.88 Å². The molecule has 13 heteroatoms. The zero-order chi connectivity index (χ0) is 24.5. The van der Waals surface area contributed by atoms with Gasteiger partial charge in [0.25, 0.3) is 5.56 Å². The van der Waals surface area contributed by atoms with Gasteiger partial charge in [0.1, 0.15) is 25.0 Å². The monoisotopic (exact) mass is 517 g/mol. The molecule has 0 radical (unpaired) electrons. The summed E-state index contributed by atoms with van der Waals surface area (Å²) in [5, 5.41) is 3.81. The molecular weight excluding hydrogens is 493 g/mol. The number of halogens is 1. The van der Waals surface area contributed by atoms with Crippen molar-refractivity contribution >= 4 is 42.1 Å². The number of rotatable bonds is 7. The molecule has 2 aliphatic heterocycles. The van der Waals surface area contributed by atoms with E-state index in [1.54, 1.807) is 19.2 Å². The van der Waals surface area contributed by atoms with Gasteiger partial charge in [-0.05, 0) is 18.2 Å². The fraction of sp³-hybridized carbons (Fsp3) is 0.348. The van der Waals surface area contributed by atoms with Crippen molar-refractivity contribution in [2.45, 2.75) is 12.5 Å². The number of cyclic esters (lactones) is 1. The van der Waals surface area contributed by atoms with E-state index < -0.39 is 18.0 Å². The van der Waals surface area contributed by atoms with Crippen LogP contribution in [0.5, 0.6) is 11.6 Å². The van der Waals surface area contributed by atoms with Crippen molar-refractivity contribution in [2.75, 3.05) is 37.7 Å². The van der Waals surface area contributed by atoms with Crippen molar-refractivity contribution in [1.82, 2.24) is 19.9 Å². The number of carbonyl (C=O) groups excluding carboxylic acids is 2. The lowest BCUT2D eigenvalue weighted by Crippen LogP contribution is -2.33. The molecule has 1 atom stereocenters. The van der Waals surface area contributed by atoms with E-state index in [1.165, 1.54) is 27.8 Å². The summed E-state index contributed by atoms with van der Waals surface area (Å²) >= 11 is 0. The molecule has 0 aliphatic carbocycles. The van der Waals surface area contributed by atoms with Crippen LogP contribution in [0.3, 0.4) is 0 Å². The van der Waals surface area contributed by atoms with Gasteiger partial charge in [0.05, 0.1) is 24.7 Å². The number of aryl methyl sites for hydroxylation is 1. The number of pyridine rings is 1. The van der Waals surface area contributed by atoms with E-state index in [2.05, 4.69) is 15.3 Å². The van der Waals surface area contributed by atoms with Crippen LogP contribution < -0.4 is 25.2 Å². The summed E-state index contributed by atoms with van der Waals surface area (Å²) in [6.07, 6.45) is 0.499. The predicted molar refractivity (Wildman–Crippen MR) is 132 cm³/mol. The van der Waals surface area contributed by atoms with Gasteiger partial charge in [-0.1, -0.05) is 0 Å². The second-order valence-electron chi connectivity index (χ2n) is 8.20. The molecule has 2 aromatic heterocycles. The van der Waals surface area contributed by atoms with E-state index in [0.29, 0.717) is 35.6 Å². The molecule has 190 valence electrons. The highest BCUT2D eigenvalue weighted by Crippen LogP contribution is 2.28. The van der Waals surface area contributed by atoms with Gasteiger partial charge in [-0.25, -0.2) is 19.2 Å². The molecule has 1 fully saturated rings. The lowest BCUT2D eigenvalue weighted by molar-refractivity contribution is -0.121. The Morgan fingerprint density at radius 1 is 1.22 bits per heavy atom. The summed E-state index contributed by atoms with van der Waals surface area (Å²) in [7, 11) is 1.56. The first-order valence-corrected chi connectivity index (χ1v) is 11.0. The number of carbonyl (C=O) groups is 2. The number of hydrogen-bond acceptors (Lipinski definition) is 9. The predicted octanol–water partition coefficient (Wildman–Crippen LogP) is 1.08. The van der Waals surface area contributed by atoms with Crippen molar-refractivity contribution in [3.05, 3.63) is 52.3 Å². The third kappa shape index (κ3) is 4.97. The highest BCUT2D eigenvalue weighted by atomic mass is 32.1. The van der Waals surface area contributed by atoms with E-state index in [-0.39, 0.29) is 62.6 Å². The fourth-order valence-electron chi connectivity index (χ4n) is 4.02. The molecule has 1 saturated heterocycles. The number of nitrogens with one attached hydrogen (secondary N) is 1. The van der Waals surface area contributed by atoms with Crippen molar-refractivity contribution in [1.29, 1.82) is 0 Å². The Morgan fingerprint density at radius 2 is 2.03 bits per heavy atom. The average Bonchev–Trinajstić information content (AvgIpc) is 3.22. The van der Waals surface area contributed by atoms with Crippen molar-refractivity contribution in [3.63, 3.8) is 0 Å². The number of nitrogens with zero attached hydrogens (tertiary/aromatic N) is 4. The third-order valence-corrected chi connectivity index (χ3v) is 5.76. The minimum Gasteiger partial charge on any atom is -0.487 e. The molecule has 0 bridgehead atoms. The fourth-order valence-corrected chi connectivity index (χ4v) is 4.02. The van der Waals surface area contributed by atoms with Gasteiger partial charge >= 0.3 is 6.09 Å². The number of ketones is 1. The van der Waals surface area contributed by atoms with E-state index in [0.717, 1.165) is 0 Å². The van der Waals surface area contributed by atoms with Gasteiger partial charge in [0, 0.05) is 31.6 Å². The Hall–Kier alpha value is -3.71. The number of amides is 1. The maximum atomic E-state index is 14.4. The number of Topliss-reactive ketones (excluding diaryl/α,β-unsaturated/α-hetero) is 1. The smallest absolute Gasteiger partial charge is 0.416 e. The lowest BCUT2D eigenvalue weighted by atomic mass is 10.2. The van der Waals surface area contributed by atoms with Crippen LogP contribution in [0, 0.1) is 5.82 Å². The number of fused-ring (bicyclic) bond motifs is 2. The van der Waals surface area contributed by atoms with Gasteiger partial charge in [-0.15, -0.1) is 0 Å². The van der Waals surface area contributed by atoms with E-state index >= 15 is 0 Å². The Labute approximate surface area is 211 Å². The minimum absolute atomic E-state index is 0. The molecule has 2 aliphatic rings. The van der Waals surface area contributed by atoms with Gasteiger partial charge in [0.15, 0.2) is 23.2 Å². The van der Waals surface area contributed by atoms with Crippen LogP contribution in [0.2, 0.25) is 0 Å². The minimum atomic E-state index is -0.566. The van der Waals surface area contributed by atoms with E-state index in [4.69, 9.17) is 14.2 Å². The molecule has 1 amide bonds. The molecule has 36 heavy (non-hydrogen) atoms. The molecule has 0 unspecified atom stereocenters. The van der Waals surface area contributed by atoms with Crippen LogP contribution >= 0.6 is 13.5 Å². The molecule has 0 spiro atoms. The maximum absolute atomic E-state index is 14.4.